The maximum absolute atomic E-state index is 12.6. The predicted octanol–water partition coefficient (Wildman–Crippen LogP) is 2.78. The first-order valence-corrected chi connectivity index (χ1v) is 8.36. The van der Waals surface area contributed by atoms with Gasteiger partial charge in [-0.05, 0) is 37.6 Å². The monoisotopic (exact) mass is 339 g/mol. The smallest absolute Gasteiger partial charge is 0.263 e. The molecular formula is C17H22ClNO4. The number of benzene rings is 1. The van der Waals surface area contributed by atoms with Gasteiger partial charge < -0.3 is 19.1 Å². The van der Waals surface area contributed by atoms with Crippen LogP contribution in [0.1, 0.15) is 25.3 Å². The number of nitrogens with zero attached hydrogens (tertiary/aromatic N) is 1. The minimum absolute atomic E-state index is 0.00723. The molecule has 1 unspecified atom stereocenters. The molecule has 0 aliphatic carbocycles. The molecule has 2 fully saturated rings. The van der Waals surface area contributed by atoms with E-state index in [1.165, 1.54) is 0 Å². The molecular weight excluding hydrogens is 318 g/mol. The third kappa shape index (κ3) is 3.62. The molecule has 23 heavy (non-hydrogen) atoms. The number of carbonyl (C=O) groups excluding carboxylic acids is 1. The summed E-state index contributed by atoms with van der Waals surface area (Å²) in [6.07, 6.45) is 0.894. The van der Waals surface area contributed by atoms with Gasteiger partial charge in [0.15, 0.2) is 11.9 Å². The highest BCUT2D eigenvalue weighted by molar-refractivity contribution is 6.30. The van der Waals surface area contributed by atoms with Gasteiger partial charge in [-0.3, -0.25) is 4.79 Å². The molecule has 1 aromatic rings. The average molecular weight is 340 g/mol. The fourth-order valence-corrected chi connectivity index (χ4v) is 3.32. The molecule has 2 aliphatic heterocycles. The van der Waals surface area contributed by atoms with E-state index in [1.54, 1.807) is 19.1 Å². The van der Waals surface area contributed by atoms with Gasteiger partial charge in [-0.25, -0.2) is 0 Å². The Morgan fingerprint density at radius 1 is 1.30 bits per heavy atom. The van der Waals surface area contributed by atoms with Crippen molar-refractivity contribution in [2.75, 3.05) is 26.3 Å². The molecule has 2 saturated heterocycles. The van der Waals surface area contributed by atoms with Crippen LogP contribution in [-0.2, 0) is 14.3 Å². The van der Waals surface area contributed by atoms with E-state index in [0.29, 0.717) is 49.9 Å². The fraction of sp³-hybridized carbons (Fsp3) is 0.588. The number of rotatable bonds is 3. The van der Waals surface area contributed by atoms with Gasteiger partial charge in [0.2, 0.25) is 0 Å². The van der Waals surface area contributed by atoms with E-state index in [-0.39, 0.29) is 5.91 Å². The van der Waals surface area contributed by atoms with Crippen molar-refractivity contribution in [1.29, 1.82) is 0 Å². The SMILES string of the molecule is Cc1cc(Cl)ccc1OC(C)C(=O)N1CCC2(CC1)OCCO2. The number of likely N-dealkylation sites (tertiary alicyclic amines) is 1. The lowest BCUT2D eigenvalue weighted by Crippen LogP contribution is -2.50. The van der Waals surface area contributed by atoms with Gasteiger partial charge in [0.25, 0.3) is 5.91 Å². The number of ether oxygens (including phenoxy) is 3. The largest absolute Gasteiger partial charge is 0.481 e. The van der Waals surface area contributed by atoms with Crippen LogP contribution < -0.4 is 4.74 Å². The zero-order valence-corrected chi connectivity index (χ0v) is 14.3. The number of hydrogen-bond donors (Lipinski definition) is 0. The first-order valence-electron chi connectivity index (χ1n) is 7.99. The quantitative estimate of drug-likeness (QED) is 0.849. The van der Waals surface area contributed by atoms with Crippen LogP contribution in [0.15, 0.2) is 18.2 Å². The number of amides is 1. The molecule has 0 radical (unpaired) electrons. The molecule has 2 aliphatic rings. The summed E-state index contributed by atoms with van der Waals surface area (Å²) in [6, 6.07) is 5.39. The molecule has 1 spiro atoms. The van der Waals surface area contributed by atoms with Crippen LogP contribution in [0, 0.1) is 6.92 Å². The lowest BCUT2D eigenvalue weighted by molar-refractivity contribution is -0.188. The van der Waals surface area contributed by atoms with Gasteiger partial charge in [0.05, 0.1) is 13.2 Å². The molecule has 0 aromatic heterocycles. The third-order valence-electron chi connectivity index (χ3n) is 4.44. The van der Waals surface area contributed by atoms with Gasteiger partial charge in [0.1, 0.15) is 5.75 Å². The Hall–Kier alpha value is -1.30. The Morgan fingerprint density at radius 2 is 1.96 bits per heavy atom. The van der Waals surface area contributed by atoms with Gasteiger partial charge >= 0.3 is 0 Å². The first-order chi connectivity index (χ1) is 11.0. The van der Waals surface area contributed by atoms with Gasteiger partial charge in [-0.15, -0.1) is 0 Å². The standard InChI is InChI=1S/C17H22ClNO4/c1-12-11-14(18)3-4-15(12)23-13(2)16(20)19-7-5-17(6-8-19)21-9-10-22-17/h3-4,11,13H,5-10H2,1-2H3. The summed E-state index contributed by atoms with van der Waals surface area (Å²) in [4.78, 5) is 14.4. The van der Waals surface area contributed by atoms with E-state index in [4.69, 9.17) is 25.8 Å². The fourth-order valence-electron chi connectivity index (χ4n) is 3.10. The number of carbonyl (C=O) groups is 1. The molecule has 5 nitrogen and oxygen atoms in total. The summed E-state index contributed by atoms with van der Waals surface area (Å²) >= 11 is 5.94. The Morgan fingerprint density at radius 3 is 2.57 bits per heavy atom. The van der Waals surface area contributed by atoms with Gasteiger partial charge in [0, 0.05) is 31.0 Å². The maximum atomic E-state index is 12.6. The number of halogens is 1. The van der Waals surface area contributed by atoms with Crippen molar-refractivity contribution < 1.29 is 19.0 Å². The number of hydrogen-bond acceptors (Lipinski definition) is 4. The molecule has 0 N–H and O–H groups in total. The number of piperidine rings is 1. The topological polar surface area (TPSA) is 48.0 Å². The lowest BCUT2D eigenvalue weighted by Gasteiger charge is -2.38. The zero-order valence-electron chi connectivity index (χ0n) is 13.5. The highest BCUT2D eigenvalue weighted by Gasteiger charge is 2.41. The molecule has 6 heteroatoms. The Balaban J connectivity index is 1.57. The summed E-state index contributed by atoms with van der Waals surface area (Å²) in [5.74, 6) is 0.214. The van der Waals surface area contributed by atoms with Crippen molar-refractivity contribution in [3.05, 3.63) is 28.8 Å². The van der Waals surface area contributed by atoms with Crippen LogP contribution in [0.25, 0.3) is 0 Å². The first kappa shape index (κ1) is 16.6. The van der Waals surface area contributed by atoms with Crippen molar-refractivity contribution in [2.45, 2.75) is 38.6 Å². The summed E-state index contributed by atoms with van der Waals surface area (Å²) in [7, 11) is 0. The van der Waals surface area contributed by atoms with Crippen LogP contribution in [-0.4, -0.2) is 49.0 Å². The normalized spacial score (nSPS) is 21.4. The van der Waals surface area contributed by atoms with Crippen molar-refractivity contribution in [2.24, 2.45) is 0 Å². The molecule has 1 atom stereocenters. The van der Waals surface area contributed by atoms with Crippen LogP contribution >= 0.6 is 11.6 Å². The van der Waals surface area contributed by atoms with E-state index in [1.807, 2.05) is 17.9 Å². The molecule has 2 heterocycles. The average Bonchev–Trinajstić information content (AvgIpc) is 2.98. The second-order valence-corrected chi connectivity index (χ2v) is 6.54. The predicted molar refractivity (Wildman–Crippen MR) is 86.7 cm³/mol. The van der Waals surface area contributed by atoms with Crippen LogP contribution in [0.3, 0.4) is 0 Å². The second kappa shape index (κ2) is 6.67. The van der Waals surface area contributed by atoms with Crippen molar-refractivity contribution in [3.8, 4) is 5.75 Å². The van der Waals surface area contributed by atoms with Crippen LogP contribution in [0.5, 0.6) is 5.75 Å². The molecule has 1 amide bonds. The van der Waals surface area contributed by atoms with Crippen LogP contribution in [0.4, 0.5) is 0 Å². The van der Waals surface area contributed by atoms with E-state index >= 15 is 0 Å². The van der Waals surface area contributed by atoms with E-state index < -0.39 is 11.9 Å². The second-order valence-electron chi connectivity index (χ2n) is 6.10. The van der Waals surface area contributed by atoms with Crippen molar-refractivity contribution in [3.63, 3.8) is 0 Å². The third-order valence-corrected chi connectivity index (χ3v) is 4.67. The highest BCUT2D eigenvalue weighted by Crippen LogP contribution is 2.31. The summed E-state index contributed by atoms with van der Waals surface area (Å²) in [5.41, 5.74) is 0.919. The molecule has 126 valence electrons. The van der Waals surface area contributed by atoms with Gasteiger partial charge in [-0.2, -0.15) is 0 Å². The molecule has 3 rings (SSSR count). The Kier molecular flexibility index (Phi) is 4.80. The van der Waals surface area contributed by atoms with E-state index in [0.717, 1.165) is 5.56 Å². The molecule has 0 bridgehead atoms. The lowest BCUT2D eigenvalue weighted by atomic mass is 10.0. The number of aryl methyl sites for hydroxylation is 1. The summed E-state index contributed by atoms with van der Waals surface area (Å²) in [6.45, 7) is 6.24. The molecule has 1 aromatic carbocycles. The maximum Gasteiger partial charge on any atom is 0.263 e. The van der Waals surface area contributed by atoms with E-state index in [2.05, 4.69) is 0 Å². The minimum Gasteiger partial charge on any atom is -0.481 e. The van der Waals surface area contributed by atoms with Crippen molar-refractivity contribution in [1.82, 2.24) is 4.90 Å². The Labute approximate surface area is 141 Å². The van der Waals surface area contributed by atoms with Crippen LogP contribution in [0.2, 0.25) is 5.02 Å². The summed E-state index contributed by atoms with van der Waals surface area (Å²) < 4.78 is 17.2. The van der Waals surface area contributed by atoms with Gasteiger partial charge in [-0.1, -0.05) is 11.6 Å². The molecule has 0 saturated carbocycles. The summed E-state index contributed by atoms with van der Waals surface area (Å²) in [5, 5.41) is 0.659. The highest BCUT2D eigenvalue weighted by atomic mass is 35.5. The Bertz CT molecular complexity index is 576. The van der Waals surface area contributed by atoms with Crippen molar-refractivity contribution >= 4 is 17.5 Å². The zero-order chi connectivity index (χ0) is 16.4. The van der Waals surface area contributed by atoms with E-state index in [9.17, 15) is 4.79 Å². The minimum atomic E-state index is -0.533.